The minimum atomic E-state index is -0.378. The highest BCUT2D eigenvalue weighted by Crippen LogP contribution is 2.23. The van der Waals surface area contributed by atoms with Crippen molar-refractivity contribution in [1.82, 2.24) is 4.98 Å². The summed E-state index contributed by atoms with van der Waals surface area (Å²) in [4.78, 5) is 28.9. The zero-order valence-electron chi connectivity index (χ0n) is 15.7. The lowest BCUT2D eigenvalue weighted by molar-refractivity contribution is -0.115. The van der Waals surface area contributed by atoms with Crippen LogP contribution in [0.5, 0.6) is 0 Å². The Kier molecular flexibility index (Phi) is 6.92. The Morgan fingerprint density at radius 2 is 1.93 bits per heavy atom. The summed E-state index contributed by atoms with van der Waals surface area (Å²) >= 11 is 1.51. The van der Waals surface area contributed by atoms with Crippen LogP contribution in [-0.2, 0) is 16.0 Å². The third-order valence-corrected chi connectivity index (χ3v) is 4.97. The van der Waals surface area contributed by atoms with Crippen molar-refractivity contribution in [3.63, 3.8) is 0 Å². The fourth-order valence-electron chi connectivity index (χ4n) is 2.59. The Morgan fingerprint density at radius 3 is 2.71 bits per heavy atom. The van der Waals surface area contributed by atoms with Gasteiger partial charge in [0.05, 0.1) is 24.3 Å². The number of amides is 1. The molecular weight excluding hydrogens is 372 g/mol. The van der Waals surface area contributed by atoms with E-state index in [-0.39, 0.29) is 18.3 Å². The van der Waals surface area contributed by atoms with Crippen molar-refractivity contribution >= 4 is 28.9 Å². The van der Waals surface area contributed by atoms with E-state index in [4.69, 9.17) is 4.74 Å². The molecule has 0 fully saturated rings. The van der Waals surface area contributed by atoms with Crippen molar-refractivity contribution in [2.24, 2.45) is 0 Å². The van der Waals surface area contributed by atoms with Gasteiger partial charge in [0.25, 0.3) is 0 Å². The van der Waals surface area contributed by atoms with Crippen LogP contribution in [0.15, 0.2) is 60.0 Å². The molecule has 0 saturated heterocycles. The predicted octanol–water partition coefficient (Wildman–Crippen LogP) is 4.95. The summed E-state index contributed by atoms with van der Waals surface area (Å²) in [5, 5.41) is 5.60. The number of benzene rings is 2. The first-order valence-corrected chi connectivity index (χ1v) is 10.1. The number of hydrogen-bond acceptors (Lipinski definition) is 5. The first-order chi connectivity index (χ1) is 13.7. The molecule has 28 heavy (non-hydrogen) atoms. The van der Waals surface area contributed by atoms with Crippen LogP contribution in [0.2, 0.25) is 0 Å². The molecule has 144 valence electrons. The molecule has 0 spiro atoms. The second-order valence-electron chi connectivity index (χ2n) is 6.31. The number of thiazole rings is 1. The second kappa shape index (κ2) is 9.80. The van der Waals surface area contributed by atoms with Crippen LogP contribution in [-0.4, -0.2) is 23.5 Å². The molecule has 3 aromatic rings. The topological polar surface area (TPSA) is 68.3 Å². The first kappa shape index (κ1) is 19.8. The minimum absolute atomic E-state index is 0.175. The maximum atomic E-state index is 12.4. The maximum absolute atomic E-state index is 12.4. The van der Waals surface area contributed by atoms with E-state index in [2.05, 4.69) is 10.3 Å². The zero-order valence-corrected chi connectivity index (χ0v) is 16.5. The van der Waals surface area contributed by atoms with Gasteiger partial charge in [0, 0.05) is 16.6 Å². The first-order valence-electron chi connectivity index (χ1n) is 9.22. The number of carbonyl (C=O) groups is 2. The summed E-state index contributed by atoms with van der Waals surface area (Å²) in [6.07, 6.45) is 1.97. The van der Waals surface area contributed by atoms with E-state index in [9.17, 15) is 9.59 Å². The fraction of sp³-hybridized carbons (Fsp3) is 0.227. The number of aromatic nitrogens is 1. The number of carbonyl (C=O) groups excluding carboxylic acids is 2. The Labute approximate surface area is 168 Å². The van der Waals surface area contributed by atoms with Gasteiger partial charge in [-0.05, 0) is 24.6 Å². The molecule has 1 aromatic heterocycles. The average molecular weight is 394 g/mol. The molecule has 1 N–H and O–H groups in total. The molecule has 6 heteroatoms. The Balaban J connectivity index is 1.59. The number of nitrogens with one attached hydrogen (secondary N) is 1. The van der Waals surface area contributed by atoms with Gasteiger partial charge in [0.1, 0.15) is 5.01 Å². The van der Waals surface area contributed by atoms with E-state index in [1.54, 1.807) is 24.3 Å². The van der Waals surface area contributed by atoms with Crippen molar-refractivity contribution in [3.8, 4) is 10.6 Å². The SMILES string of the molecule is CCCCOC(=O)c1cccc(NC(=O)Cc2csc(-c3ccccc3)n2)c1. The molecule has 0 aliphatic rings. The third-order valence-electron chi connectivity index (χ3n) is 4.03. The third kappa shape index (κ3) is 5.50. The second-order valence-corrected chi connectivity index (χ2v) is 7.16. The van der Waals surface area contributed by atoms with E-state index in [0.717, 1.165) is 29.1 Å². The van der Waals surface area contributed by atoms with Crippen molar-refractivity contribution in [2.75, 3.05) is 11.9 Å². The lowest BCUT2D eigenvalue weighted by Crippen LogP contribution is -2.15. The molecule has 0 unspecified atom stereocenters. The lowest BCUT2D eigenvalue weighted by atomic mass is 10.2. The summed E-state index contributed by atoms with van der Waals surface area (Å²) in [6, 6.07) is 16.6. The molecule has 3 rings (SSSR count). The molecular formula is C22H22N2O3S. The van der Waals surface area contributed by atoms with Crippen molar-refractivity contribution in [3.05, 3.63) is 71.2 Å². The molecule has 0 radical (unpaired) electrons. The number of unbranched alkanes of at least 4 members (excludes halogenated alkanes) is 1. The van der Waals surface area contributed by atoms with Gasteiger partial charge in [0.15, 0.2) is 0 Å². The van der Waals surface area contributed by atoms with Crippen LogP contribution >= 0.6 is 11.3 Å². The van der Waals surface area contributed by atoms with Gasteiger partial charge < -0.3 is 10.1 Å². The number of anilines is 1. The quantitative estimate of drug-likeness (QED) is 0.434. The Hall–Kier alpha value is -2.99. The summed E-state index contributed by atoms with van der Waals surface area (Å²) in [6.45, 7) is 2.44. The molecule has 0 aliphatic heterocycles. The van der Waals surface area contributed by atoms with Gasteiger partial charge in [-0.15, -0.1) is 11.3 Å². The lowest BCUT2D eigenvalue weighted by Gasteiger charge is -2.07. The van der Waals surface area contributed by atoms with E-state index < -0.39 is 0 Å². The maximum Gasteiger partial charge on any atom is 0.338 e. The summed E-state index contributed by atoms with van der Waals surface area (Å²) in [5.41, 5.74) is 2.74. The van der Waals surface area contributed by atoms with Gasteiger partial charge in [0.2, 0.25) is 5.91 Å². The fourth-order valence-corrected chi connectivity index (χ4v) is 3.41. The molecule has 0 bridgehead atoms. The minimum Gasteiger partial charge on any atom is -0.462 e. The Bertz CT molecular complexity index is 938. The molecule has 1 amide bonds. The van der Waals surface area contributed by atoms with E-state index in [0.29, 0.717) is 17.9 Å². The normalized spacial score (nSPS) is 10.5. The van der Waals surface area contributed by atoms with Crippen molar-refractivity contribution < 1.29 is 14.3 Å². The van der Waals surface area contributed by atoms with E-state index in [1.807, 2.05) is 42.6 Å². The number of ether oxygens (including phenoxy) is 1. The van der Waals surface area contributed by atoms with Crippen LogP contribution in [0.25, 0.3) is 10.6 Å². The zero-order chi connectivity index (χ0) is 19.8. The largest absolute Gasteiger partial charge is 0.462 e. The molecule has 0 atom stereocenters. The van der Waals surface area contributed by atoms with Crippen LogP contribution in [0.3, 0.4) is 0 Å². The van der Waals surface area contributed by atoms with E-state index in [1.165, 1.54) is 11.3 Å². The number of hydrogen-bond donors (Lipinski definition) is 1. The standard InChI is InChI=1S/C22H22N2O3S/c1-2-3-12-27-22(26)17-10-7-11-18(13-17)23-20(25)14-19-15-28-21(24-19)16-8-5-4-6-9-16/h4-11,13,15H,2-3,12,14H2,1H3,(H,23,25). The number of esters is 1. The van der Waals surface area contributed by atoms with E-state index >= 15 is 0 Å². The highest BCUT2D eigenvalue weighted by molar-refractivity contribution is 7.13. The highest BCUT2D eigenvalue weighted by atomic mass is 32.1. The predicted molar refractivity (Wildman–Crippen MR) is 112 cm³/mol. The van der Waals surface area contributed by atoms with Gasteiger partial charge >= 0.3 is 5.97 Å². The molecule has 5 nitrogen and oxygen atoms in total. The smallest absolute Gasteiger partial charge is 0.338 e. The molecule has 0 aliphatic carbocycles. The van der Waals surface area contributed by atoms with Gasteiger partial charge in [-0.3, -0.25) is 4.79 Å². The summed E-state index contributed by atoms with van der Waals surface area (Å²) in [5.74, 6) is -0.557. The highest BCUT2D eigenvalue weighted by Gasteiger charge is 2.11. The summed E-state index contributed by atoms with van der Waals surface area (Å²) in [7, 11) is 0. The van der Waals surface area contributed by atoms with Gasteiger partial charge in [-0.25, -0.2) is 9.78 Å². The van der Waals surface area contributed by atoms with Crippen molar-refractivity contribution in [1.29, 1.82) is 0 Å². The van der Waals surface area contributed by atoms with Gasteiger partial charge in [-0.2, -0.15) is 0 Å². The molecule has 2 aromatic carbocycles. The molecule has 0 saturated carbocycles. The summed E-state index contributed by atoms with van der Waals surface area (Å²) < 4.78 is 5.21. The molecule has 1 heterocycles. The average Bonchev–Trinajstić information content (AvgIpc) is 3.17. The van der Waals surface area contributed by atoms with Crippen LogP contribution < -0.4 is 5.32 Å². The van der Waals surface area contributed by atoms with Crippen LogP contribution in [0.1, 0.15) is 35.8 Å². The number of nitrogens with zero attached hydrogens (tertiary/aromatic N) is 1. The van der Waals surface area contributed by atoms with Gasteiger partial charge in [-0.1, -0.05) is 49.7 Å². The Morgan fingerprint density at radius 1 is 1.11 bits per heavy atom. The number of rotatable bonds is 8. The van der Waals surface area contributed by atoms with Crippen LogP contribution in [0.4, 0.5) is 5.69 Å². The monoisotopic (exact) mass is 394 g/mol. The van der Waals surface area contributed by atoms with Crippen molar-refractivity contribution in [2.45, 2.75) is 26.2 Å². The van der Waals surface area contributed by atoms with Crippen LogP contribution in [0, 0.1) is 0 Å².